The summed E-state index contributed by atoms with van der Waals surface area (Å²) in [5, 5.41) is 8.46. The zero-order chi connectivity index (χ0) is 13.7. The van der Waals surface area contributed by atoms with Gasteiger partial charge in [0.05, 0.1) is 11.2 Å². The Morgan fingerprint density at radius 3 is 2.84 bits per heavy atom. The van der Waals surface area contributed by atoms with E-state index in [1.54, 1.807) is 11.8 Å². The molecule has 0 fully saturated rings. The van der Waals surface area contributed by atoms with Gasteiger partial charge < -0.3 is 5.32 Å². The van der Waals surface area contributed by atoms with Crippen molar-refractivity contribution in [2.45, 2.75) is 24.4 Å². The van der Waals surface area contributed by atoms with Crippen molar-refractivity contribution in [3.05, 3.63) is 47.2 Å². The molecule has 2 rings (SSSR count). The number of hydrogen-bond donors (Lipinski definition) is 1. The molecular formula is C14H18ClN3S. The first-order valence-electron chi connectivity index (χ1n) is 6.31. The SMILES string of the molecule is CCn1cc(C(CSc2ccccc2Cl)NC)cn1. The van der Waals surface area contributed by atoms with Gasteiger partial charge in [-0.2, -0.15) is 5.10 Å². The molecule has 1 N–H and O–H groups in total. The van der Waals surface area contributed by atoms with Crippen molar-refractivity contribution in [3.8, 4) is 0 Å². The van der Waals surface area contributed by atoms with Crippen LogP contribution in [0.4, 0.5) is 0 Å². The summed E-state index contributed by atoms with van der Waals surface area (Å²) in [5.41, 5.74) is 1.21. The van der Waals surface area contributed by atoms with Crippen molar-refractivity contribution in [1.82, 2.24) is 15.1 Å². The van der Waals surface area contributed by atoms with Crippen molar-refractivity contribution in [3.63, 3.8) is 0 Å². The third-order valence-corrected chi connectivity index (χ3v) is 4.58. The topological polar surface area (TPSA) is 29.9 Å². The van der Waals surface area contributed by atoms with Crippen LogP contribution in [-0.2, 0) is 6.54 Å². The van der Waals surface area contributed by atoms with E-state index in [1.165, 1.54) is 5.56 Å². The van der Waals surface area contributed by atoms with Gasteiger partial charge in [-0.05, 0) is 26.1 Å². The van der Waals surface area contributed by atoms with Gasteiger partial charge in [-0.3, -0.25) is 4.68 Å². The minimum Gasteiger partial charge on any atom is -0.312 e. The average Bonchev–Trinajstić information content (AvgIpc) is 2.90. The number of hydrogen-bond acceptors (Lipinski definition) is 3. The highest BCUT2D eigenvalue weighted by molar-refractivity contribution is 7.99. The zero-order valence-electron chi connectivity index (χ0n) is 11.1. The molecular weight excluding hydrogens is 278 g/mol. The van der Waals surface area contributed by atoms with Crippen LogP contribution in [0.15, 0.2) is 41.6 Å². The number of thioether (sulfide) groups is 1. The lowest BCUT2D eigenvalue weighted by Crippen LogP contribution is -2.18. The molecule has 3 nitrogen and oxygen atoms in total. The summed E-state index contributed by atoms with van der Waals surface area (Å²) in [5.74, 6) is 0.926. The fourth-order valence-corrected chi connectivity index (χ4v) is 3.20. The van der Waals surface area contributed by atoms with Crippen LogP contribution in [0.2, 0.25) is 5.02 Å². The maximum atomic E-state index is 6.17. The maximum absolute atomic E-state index is 6.17. The first kappa shape index (κ1) is 14.4. The largest absolute Gasteiger partial charge is 0.312 e. The summed E-state index contributed by atoms with van der Waals surface area (Å²) in [6.45, 7) is 2.98. The van der Waals surface area contributed by atoms with E-state index in [4.69, 9.17) is 11.6 Å². The lowest BCUT2D eigenvalue weighted by molar-refractivity contribution is 0.645. The van der Waals surface area contributed by atoms with E-state index in [-0.39, 0.29) is 6.04 Å². The average molecular weight is 296 g/mol. The van der Waals surface area contributed by atoms with Gasteiger partial charge in [0, 0.05) is 35.0 Å². The zero-order valence-corrected chi connectivity index (χ0v) is 12.7. The van der Waals surface area contributed by atoms with E-state index in [1.807, 2.05) is 36.1 Å². The Labute approximate surface area is 123 Å². The highest BCUT2D eigenvalue weighted by Gasteiger charge is 2.12. The van der Waals surface area contributed by atoms with Gasteiger partial charge in [0.25, 0.3) is 0 Å². The molecule has 0 aliphatic carbocycles. The molecule has 0 saturated carbocycles. The number of benzene rings is 1. The van der Waals surface area contributed by atoms with Crippen LogP contribution < -0.4 is 5.32 Å². The maximum Gasteiger partial charge on any atom is 0.0541 e. The summed E-state index contributed by atoms with van der Waals surface area (Å²) in [6, 6.07) is 8.22. The van der Waals surface area contributed by atoms with Crippen molar-refractivity contribution < 1.29 is 0 Å². The van der Waals surface area contributed by atoms with Gasteiger partial charge >= 0.3 is 0 Å². The van der Waals surface area contributed by atoms with Gasteiger partial charge in [-0.1, -0.05) is 23.7 Å². The number of nitrogens with one attached hydrogen (secondary N) is 1. The number of nitrogens with zero attached hydrogens (tertiary/aromatic N) is 2. The first-order chi connectivity index (χ1) is 9.24. The molecule has 1 atom stereocenters. The third-order valence-electron chi connectivity index (χ3n) is 2.97. The van der Waals surface area contributed by atoms with Gasteiger partial charge in [0.1, 0.15) is 0 Å². The Morgan fingerprint density at radius 2 is 2.21 bits per heavy atom. The van der Waals surface area contributed by atoms with Crippen molar-refractivity contribution >= 4 is 23.4 Å². The van der Waals surface area contributed by atoms with Gasteiger partial charge in [-0.15, -0.1) is 11.8 Å². The lowest BCUT2D eigenvalue weighted by atomic mass is 10.2. The van der Waals surface area contributed by atoms with Crippen LogP contribution in [0, 0.1) is 0 Å². The van der Waals surface area contributed by atoms with Crippen LogP contribution in [0.5, 0.6) is 0 Å². The van der Waals surface area contributed by atoms with Crippen LogP contribution in [0.1, 0.15) is 18.5 Å². The number of halogens is 1. The highest BCUT2D eigenvalue weighted by Crippen LogP contribution is 2.29. The van der Waals surface area contributed by atoms with Crippen LogP contribution >= 0.6 is 23.4 Å². The molecule has 0 saturated heterocycles. The Hall–Kier alpha value is -0.970. The lowest BCUT2D eigenvalue weighted by Gasteiger charge is -2.14. The summed E-state index contributed by atoms with van der Waals surface area (Å²) in [6.07, 6.45) is 4.02. The van der Waals surface area contributed by atoms with Gasteiger partial charge in [0.15, 0.2) is 0 Å². The normalized spacial score (nSPS) is 12.6. The van der Waals surface area contributed by atoms with E-state index in [9.17, 15) is 0 Å². The molecule has 0 aliphatic rings. The summed E-state index contributed by atoms with van der Waals surface area (Å²) < 4.78 is 1.94. The van der Waals surface area contributed by atoms with E-state index in [0.717, 1.165) is 22.2 Å². The summed E-state index contributed by atoms with van der Waals surface area (Å²) >= 11 is 7.93. The first-order valence-corrected chi connectivity index (χ1v) is 7.68. The van der Waals surface area contributed by atoms with Crippen LogP contribution in [0.3, 0.4) is 0 Å². The van der Waals surface area contributed by atoms with E-state index in [0.29, 0.717) is 0 Å². The second kappa shape index (κ2) is 6.98. The Kier molecular flexibility index (Phi) is 5.31. The Morgan fingerprint density at radius 1 is 1.42 bits per heavy atom. The molecule has 1 aromatic heterocycles. The molecule has 2 aromatic rings. The number of rotatable bonds is 6. The fourth-order valence-electron chi connectivity index (χ4n) is 1.81. The van der Waals surface area contributed by atoms with E-state index >= 15 is 0 Å². The predicted octanol–water partition coefficient (Wildman–Crippen LogP) is 3.61. The summed E-state index contributed by atoms with van der Waals surface area (Å²) in [4.78, 5) is 1.12. The monoisotopic (exact) mass is 295 g/mol. The van der Waals surface area contributed by atoms with E-state index < -0.39 is 0 Å². The molecule has 102 valence electrons. The minimum absolute atomic E-state index is 0.279. The molecule has 5 heteroatoms. The number of aromatic nitrogens is 2. The summed E-state index contributed by atoms with van der Waals surface area (Å²) in [7, 11) is 1.97. The minimum atomic E-state index is 0.279. The molecule has 1 unspecified atom stereocenters. The van der Waals surface area contributed by atoms with Crippen LogP contribution in [-0.4, -0.2) is 22.6 Å². The molecule has 0 bridgehead atoms. The number of aryl methyl sites for hydroxylation is 1. The Balaban J connectivity index is 2.02. The third kappa shape index (κ3) is 3.75. The van der Waals surface area contributed by atoms with Crippen molar-refractivity contribution in [2.24, 2.45) is 0 Å². The standard InChI is InChI=1S/C14H18ClN3S/c1-3-18-9-11(8-17-18)13(16-2)10-19-14-7-5-4-6-12(14)15/h4-9,13,16H,3,10H2,1-2H3. The smallest absolute Gasteiger partial charge is 0.0541 e. The molecule has 0 spiro atoms. The Bertz CT molecular complexity index is 527. The molecule has 0 radical (unpaired) electrons. The van der Waals surface area contributed by atoms with Gasteiger partial charge in [-0.25, -0.2) is 0 Å². The molecule has 0 aliphatic heterocycles. The van der Waals surface area contributed by atoms with E-state index in [2.05, 4.69) is 29.6 Å². The molecule has 1 heterocycles. The molecule has 1 aromatic carbocycles. The predicted molar refractivity (Wildman–Crippen MR) is 81.9 cm³/mol. The second-order valence-electron chi connectivity index (χ2n) is 4.21. The second-order valence-corrected chi connectivity index (χ2v) is 5.68. The van der Waals surface area contributed by atoms with Gasteiger partial charge in [0.2, 0.25) is 0 Å². The molecule has 0 amide bonds. The molecule has 19 heavy (non-hydrogen) atoms. The fraction of sp³-hybridized carbons (Fsp3) is 0.357. The van der Waals surface area contributed by atoms with Crippen molar-refractivity contribution in [1.29, 1.82) is 0 Å². The van der Waals surface area contributed by atoms with Crippen LogP contribution in [0.25, 0.3) is 0 Å². The van der Waals surface area contributed by atoms with Crippen molar-refractivity contribution in [2.75, 3.05) is 12.8 Å². The quantitative estimate of drug-likeness (QED) is 0.826. The highest BCUT2D eigenvalue weighted by atomic mass is 35.5.